The van der Waals surface area contributed by atoms with Gasteiger partial charge in [-0.2, -0.15) is 0 Å². The van der Waals surface area contributed by atoms with Crippen molar-refractivity contribution in [3.63, 3.8) is 0 Å². The number of nitrogens with zero attached hydrogens (tertiary/aromatic N) is 2. The van der Waals surface area contributed by atoms with Crippen molar-refractivity contribution in [1.29, 1.82) is 0 Å². The SMILES string of the molecule is c1ccc(-c2ccccc2-c2ccccc2-c2ccccc2N(c2ccc3c(c2)-c2ccccc2C32CCCCC2)c2cccc3c4ccccc4n(-c4ccccc4)c23)cc1. The Hall–Kier alpha value is -7.42. The zero-order valence-electron chi connectivity index (χ0n) is 34.7. The summed E-state index contributed by atoms with van der Waals surface area (Å²) >= 11 is 0. The fourth-order valence-corrected chi connectivity index (χ4v) is 11.2. The van der Waals surface area contributed by atoms with E-state index in [1.165, 1.54) is 110 Å². The van der Waals surface area contributed by atoms with E-state index in [-0.39, 0.29) is 5.41 Å². The number of para-hydroxylation sites is 4. The Morgan fingerprint density at radius 1 is 0.371 bits per heavy atom. The minimum absolute atomic E-state index is 0.0796. The number of aromatic nitrogens is 1. The van der Waals surface area contributed by atoms with Gasteiger partial charge in [0, 0.05) is 33.1 Å². The molecule has 9 aromatic carbocycles. The number of benzene rings is 9. The minimum Gasteiger partial charge on any atom is -0.308 e. The molecule has 1 fully saturated rings. The third-order valence-electron chi connectivity index (χ3n) is 13.8. The van der Waals surface area contributed by atoms with Crippen LogP contribution in [0, 0.1) is 0 Å². The molecule has 0 bridgehead atoms. The monoisotopic (exact) mass is 794 g/mol. The van der Waals surface area contributed by atoms with Gasteiger partial charge in [0.05, 0.1) is 22.4 Å². The third-order valence-corrected chi connectivity index (χ3v) is 13.8. The van der Waals surface area contributed by atoms with Crippen LogP contribution >= 0.6 is 0 Å². The molecule has 2 aliphatic carbocycles. The highest BCUT2D eigenvalue weighted by Crippen LogP contribution is 2.57. The first kappa shape index (κ1) is 36.4. The lowest BCUT2D eigenvalue weighted by Gasteiger charge is -2.36. The minimum atomic E-state index is 0.0796. The normalized spacial score (nSPS) is 13.9. The van der Waals surface area contributed by atoms with Gasteiger partial charge in [0.25, 0.3) is 0 Å². The molecule has 62 heavy (non-hydrogen) atoms. The standard InChI is InChI=1S/C60H46N2/c1-4-21-42(22-5-1)45-25-8-9-26-46(45)47-27-10-11-28-48(47)50-30-13-16-34-56(50)61(44-37-38-55-53(41-44)49-29-12-15-33-54(49)60(55)39-18-3-19-40-60)58-36-20-32-52-51-31-14-17-35-57(51)62(59(52)58)43-23-6-2-7-24-43/h1-2,4-17,20-38,41H,3,18-19,39-40H2. The average molecular weight is 795 g/mol. The van der Waals surface area contributed by atoms with Crippen molar-refractivity contribution in [2.24, 2.45) is 0 Å². The van der Waals surface area contributed by atoms with Gasteiger partial charge in [0.15, 0.2) is 0 Å². The summed E-state index contributed by atoms with van der Waals surface area (Å²) in [4.78, 5) is 2.56. The predicted molar refractivity (Wildman–Crippen MR) is 261 cm³/mol. The van der Waals surface area contributed by atoms with Crippen molar-refractivity contribution in [2.75, 3.05) is 4.90 Å². The van der Waals surface area contributed by atoms with Crippen LogP contribution in [-0.2, 0) is 5.41 Å². The fourth-order valence-electron chi connectivity index (χ4n) is 11.2. The van der Waals surface area contributed by atoms with E-state index in [1.807, 2.05) is 0 Å². The molecule has 0 N–H and O–H groups in total. The van der Waals surface area contributed by atoms with Crippen LogP contribution in [0.3, 0.4) is 0 Å². The summed E-state index contributed by atoms with van der Waals surface area (Å²) in [6.45, 7) is 0. The largest absolute Gasteiger partial charge is 0.308 e. The van der Waals surface area contributed by atoms with Gasteiger partial charge in [-0.05, 0) is 105 Å². The molecule has 2 nitrogen and oxygen atoms in total. The molecule has 2 heteroatoms. The molecule has 1 aromatic heterocycles. The van der Waals surface area contributed by atoms with E-state index in [2.05, 4.69) is 228 Å². The maximum Gasteiger partial charge on any atom is 0.0782 e. The summed E-state index contributed by atoms with van der Waals surface area (Å²) < 4.78 is 2.47. The number of anilines is 3. The van der Waals surface area contributed by atoms with Crippen LogP contribution in [0.2, 0.25) is 0 Å². The van der Waals surface area contributed by atoms with Crippen LogP contribution in [0.1, 0.15) is 43.2 Å². The highest BCUT2D eigenvalue weighted by Gasteiger charge is 2.44. The van der Waals surface area contributed by atoms with Crippen LogP contribution in [0.5, 0.6) is 0 Å². The molecule has 2 aliphatic rings. The first-order valence-electron chi connectivity index (χ1n) is 22.2. The Morgan fingerprint density at radius 3 is 1.69 bits per heavy atom. The van der Waals surface area contributed by atoms with E-state index >= 15 is 0 Å². The molecular weight excluding hydrogens is 749 g/mol. The second-order valence-corrected chi connectivity index (χ2v) is 17.1. The zero-order valence-corrected chi connectivity index (χ0v) is 34.7. The molecule has 0 aliphatic heterocycles. The molecule has 0 atom stereocenters. The molecule has 1 heterocycles. The van der Waals surface area contributed by atoms with Crippen LogP contribution < -0.4 is 4.90 Å². The number of hydrogen-bond acceptors (Lipinski definition) is 1. The molecule has 0 radical (unpaired) electrons. The van der Waals surface area contributed by atoms with Gasteiger partial charge in [-0.15, -0.1) is 0 Å². The maximum absolute atomic E-state index is 2.56. The highest BCUT2D eigenvalue weighted by atomic mass is 15.2. The van der Waals surface area contributed by atoms with Crippen LogP contribution in [0.4, 0.5) is 17.1 Å². The molecule has 12 rings (SSSR count). The topological polar surface area (TPSA) is 8.17 Å². The Labute approximate surface area is 364 Å². The van der Waals surface area contributed by atoms with E-state index in [0.717, 1.165) is 22.7 Å². The van der Waals surface area contributed by atoms with E-state index in [1.54, 1.807) is 0 Å². The van der Waals surface area contributed by atoms with Crippen molar-refractivity contribution in [2.45, 2.75) is 37.5 Å². The summed E-state index contributed by atoms with van der Waals surface area (Å²) in [5, 5.41) is 2.47. The van der Waals surface area contributed by atoms with E-state index in [9.17, 15) is 0 Å². The summed E-state index contributed by atoms with van der Waals surface area (Å²) in [7, 11) is 0. The maximum atomic E-state index is 2.56. The molecule has 296 valence electrons. The van der Waals surface area contributed by atoms with Gasteiger partial charge < -0.3 is 9.47 Å². The smallest absolute Gasteiger partial charge is 0.0782 e. The molecule has 0 saturated heterocycles. The highest BCUT2D eigenvalue weighted by molar-refractivity contribution is 6.15. The van der Waals surface area contributed by atoms with Gasteiger partial charge in [-0.3, -0.25) is 0 Å². The van der Waals surface area contributed by atoms with Crippen molar-refractivity contribution < 1.29 is 0 Å². The lowest BCUT2D eigenvalue weighted by atomic mass is 9.68. The number of fused-ring (bicyclic) bond motifs is 8. The summed E-state index contributed by atoms with van der Waals surface area (Å²) in [5.74, 6) is 0. The van der Waals surface area contributed by atoms with Crippen LogP contribution in [0.25, 0.3) is 72.0 Å². The Morgan fingerprint density at radius 2 is 0.919 bits per heavy atom. The molecule has 10 aromatic rings. The Bertz CT molecular complexity index is 3280. The average Bonchev–Trinajstić information content (AvgIpc) is 3.83. The second-order valence-electron chi connectivity index (χ2n) is 17.1. The molecule has 0 amide bonds. The lowest BCUT2D eigenvalue weighted by Crippen LogP contribution is -2.28. The number of hydrogen-bond donors (Lipinski definition) is 0. The van der Waals surface area contributed by atoms with Crippen molar-refractivity contribution in [1.82, 2.24) is 4.57 Å². The van der Waals surface area contributed by atoms with Crippen LogP contribution in [-0.4, -0.2) is 4.57 Å². The fraction of sp³-hybridized carbons (Fsp3) is 0.100. The van der Waals surface area contributed by atoms with E-state index < -0.39 is 0 Å². The van der Waals surface area contributed by atoms with Gasteiger partial charge in [0.2, 0.25) is 0 Å². The van der Waals surface area contributed by atoms with Crippen LogP contribution in [0.15, 0.2) is 218 Å². The molecular formula is C60H46N2. The molecule has 0 unspecified atom stereocenters. The summed E-state index contributed by atoms with van der Waals surface area (Å²) in [6, 6.07) is 81.0. The van der Waals surface area contributed by atoms with E-state index in [0.29, 0.717) is 0 Å². The van der Waals surface area contributed by atoms with E-state index in [4.69, 9.17) is 0 Å². The second kappa shape index (κ2) is 14.9. The Balaban J connectivity index is 1.15. The number of rotatable bonds is 7. The lowest BCUT2D eigenvalue weighted by molar-refractivity contribution is 0.353. The summed E-state index contributed by atoms with van der Waals surface area (Å²) in [6.07, 6.45) is 6.28. The van der Waals surface area contributed by atoms with Gasteiger partial charge in [-0.1, -0.05) is 195 Å². The van der Waals surface area contributed by atoms with Crippen molar-refractivity contribution in [3.8, 4) is 50.2 Å². The first-order valence-corrected chi connectivity index (χ1v) is 22.2. The van der Waals surface area contributed by atoms with Gasteiger partial charge in [0.1, 0.15) is 0 Å². The quantitative estimate of drug-likeness (QED) is 0.156. The molecule has 1 saturated carbocycles. The zero-order chi connectivity index (χ0) is 41.0. The van der Waals surface area contributed by atoms with Crippen molar-refractivity contribution in [3.05, 3.63) is 230 Å². The van der Waals surface area contributed by atoms with Gasteiger partial charge >= 0.3 is 0 Å². The van der Waals surface area contributed by atoms with Crippen molar-refractivity contribution >= 4 is 38.9 Å². The first-order chi connectivity index (χ1) is 30.8. The third kappa shape index (κ3) is 5.71. The summed E-state index contributed by atoms with van der Waals surface area (Å²) in [5.41, 5.74) is 20.0. The van der Waals surface area contributed by atoms with Gasteiger partial charge in [-0.25, -0.2) is 0 Å². The molecule has 1 spiro atoms. The Kier molecular flexibility index (Phi) is 8.78. The predicted octanol–water partition coefficient (Wildman–Crippen LogP) is 16.5.